The van der Waals surface area contributed by atoms with Crippen LogP contribution in [-0.4, -0.2) is 11.4 Å². The summed E-state index contributed by atoms with van der Waals surface area (Å²) in [6, 6.07) is 6.68. The highest BCUT2D eigenvalue weighted by atomic mass is 16.1. The van der Waals surface area contributed by atoms with E-state index in [0.717, 1.165) is 0 Å². The first-order valence-electron chi connectivity index (χ1n) is 4.60. The minimum Gasteiger partial charge on any atom is -0.399 e. The second-order valence-corrected chi connectivity index (χ2v) is 3.85. The first-order valence-corrected chi connectivity index (χ1v) is 4.60. The van der Waals surface area contributed by atoms with Crippen molar-refractivity contribution in [2.75, 3.05) is 5.73 Å². The van der Waals surface area contributed by atoms with Gasteiger partial charge in [0.1, 0.15) is 0 Å². The summed E-state index contributed by atoms with van der Waals surface area (Å²) >= 11 is 0. The molecule has 3 N–H and O–H groups in total. The molecule has 15 heavy (non-hydrogen) atoms. The summed E-state index contributed by atoms with van der Waals surface area (Å²) in [6.45, 7) is 3.53. The van der Waals surface area contributed by atoms with Crippen LogP contribution in [-0.2, 0) is 0 Å². The third-order valence-electron chi connectivity index (χ3n) is 1.96. The van der Waals surface area contributed by atoms with Gasteiger partial charge in [-0.3, -0.25) is 4.79 Å². The SMILES string of the molecule is C#CC(C)(C)NC(=O)c1ccc(N)cc1. The first kappa shape index (κ1) is 11.1. The molecule has 0 unspecified atom stereocenters. The Balaban J connectivity index is 2.79. The van der Waals surface area contributed by atoms with E-state index in [2.05, 4.69) is 11.2 Å². The predicted molar refractivity (Wildman–Crippen MR) is 61.2 cm³/mol. The van der Waals surface area contributed by atoms with Crippen molar-refractivity contribution < 1.29 is 4.79 Å². The average molecular weight is 202 g/mol. The molecule has 0 saturated heterocycles. The number of terminal acetylenes is 1. The molecule has 1 aromatic carbocycles. The number of nitrogen functional groups attached to an aromatic ring is 1. The van der Waals surface area contributed by atoms with E-state index in [0.29, 0.717) is 11.3 Å². The van der Waals surface area contributed by atoms with Gasteiger partial charge in [0.15, 0.2) is 0 Å². The predicted octanol–water partition coefficient (Wildman–Crippen LogP) is 1.41. The highest BCUT2D eigenvalue weighted by Crippen LogP contribution is 2.07. The smallest absolute Gasteiger partial charge is 0.252 e. The summed E-state index contributed by atoms with van der Waals surface area (Å²) in [4.78, 5) is 11.7. The van der Waals surface area contributed by atoms with Crippen molar-refractivity contribution in [2.45, 2.75) is 19.4 Å². The maximum absolute atomic E-state index is 11.7. The molecule has 0 radical (unpaired) electrons. The molecule has 1 rings (SSSR count). The van der Waals surface area contributed by atoms with Crippen LogP contribution in [0.15, 0.2) is 24.3 Å². The van der Waals surface area contributed by atoms with Gasteiger partial charge in [0.2, 0.25) is 0 Å². The molecular formula is C12H14N2O. The lowest BCUT2D eigenvalue weighted by Gasteiger charge is -2.19. The fraction of sp³-hybridized carbons (Fsp3) is 0.250. The van der Waals surface area contributed by atoms with Gasteiger partial charge in [0.05, 0.1) is 5.54 Å². The van der Waals surface area contributed by atoms with E-state index < -0.39 is 5.54 Å². The lowest BCUT2D eigenvalue weighted by atomic mass is 10.1. The van der Waals surface area contributed by atoms with E-state index in [1.54, 1.807) is 38.1 Å². The Labute approximate surface area is 89.7 Å². The number of nitrogens with one attached hydrogen (secondary N) is 1. The molecule has 0 bridgehead atoms. The highest BCUT2D eigenvalue weighted by Gasteiger charge is 2.17. The second kappa shape index (κ2) is 4.05. The van der Waals surface area contributed by atoms with E-state index in [4.69, 9.17) is 12.2 Å². The zero-order valence-electron chi connectivity index (χ0n) is 8.87. The van der Waals surface area contributed by atoms with Crippen molar-refractivity contribution in [1.29, 1.82) is 0 Å². The van der Waals surface area contributed by atoms with Gasteiger partial charge < -0.3 is 11.1 Å². The third-order valence-corrected chi connectivity index (χ3v) is 1.96. The maximum atomic E-state index is 11.7. The van der Waals surface area contributed by atoms with Crippen LogP contribution in [0.4, 0.5) is 5.69 Å². The van der Waals surface area contributed by atoms with E-state index in [9.17, 15) is 4.79 Å². The number of hydrogen-bond acceptors (Lipinski definition) is 2. The summed E-state index contributed by atoms with van der Waals surface area (Å²) in [6.07, 6.45) is 5.27. The molecule has 0 saturated carbocycles. The molecule has 1 aromatic rings. The number of amides is 1. The Hall–Kier alpha value is -1.95. The number of benzene rings is 1. The summed E-state index contributed by atoms with van der Waals surface area (Å²) in [5.74, 6) is 2.30. The van der Waals surface area contributed by atoms with E-state index >= 15 is 0 Å². The molecule has 0 aliphatic carbocycles. The molecule has 3 nitrogen and oxygen atoms in total. The van der Waals surface area contributed by atoms with Gasteiger partial charge in [-0.25, -0.2) is 0 Å². The molecule has 0 aliphatic rings. The summed E-state index contributed by atoms with van der Waals surface area (Å²) in [5, 5.41) is 2.73. The Morgan fingerprint density at radius 1 is 1.40 bits per heavy atom. The van der Waals surface area contributed by atoms with Crippen molar-refractivity contribution in [2.24, 2.45) is 0 Å². The van der Waals surface area contributed by atoms with Gasteiger partial charge in [0, 0.05) is 11.3 Å². The second-order valence-electron chi connectivity index (χ2n) is 3.85. The topological polar surface area (TPSA) is 55.1 Å². The van der Waals surface area contributed by atoms with E-state index in [1.807, 2.05) is 0 Å². The minimum atomic E-state index is -0.640. The standard InChI is InChI=1S/C12H14N2O/c1-4-12(2,3)14-11(15)9-5-7-10(13)8-6-9/h1,5-8H,13H2,2-3H3,(H,14,15). The quantitative estimate of drug-likeness (QED) is 0.562. The zero-order chi connectivity index (χ0) is 11.5. The van der Waals surface area contributed by atoms with Crippen LogP contribution in [0, 0.1) is 12.3 Å². The number of rotatable bonds is 2. The van der Waals surface area contributed by atoms with Crippen molar-refractivity contribution in [3.05, 3.63) is 29.8 Å². The number of anilines is 1. The fourth-order valence-electron chi connectivity index (χ4n) is 1.03. The molecule has 1 amide bonds. The number of carbonyl (C=O) groups is 1. The van der Waals surface area contributed by atoms with Crippen LogP contribution in [0.1, 0.15) is 24.2 Å². The van der Waals surface area contributed by atoms with Crippen LogP contribution in [0.25, 0.3) is 0 Å². The van der Waals surface area contributed by atoms with Gasteiger partial charge in [-0.15, -0.1) is 6.42 Å². The maximum Gasteiger partial charge on any atom is 0.252 e. The number of carbonyl (C=O) groups excluding carboxylic acids is 1. The molecule has 0 spiro atoms. The summed E-state index contributed by atoms with van der Waals surface area (Å²) < 4.78 is 0. The Kier molecular flexibility index (Phi) is 3.01. The Morgan fingerprint density at radius 3 is 2.40 bits per heavy atom. The lowest BCUT2D eigenvalue weighted by Crippen LogP contribution is -2.42. The molecule has 3 heteroatoms. The van der Waals surface area contributed by atoms with E-state index in [1.165, 1.54) is 0 Å². The van der Waals surface area contributed by atoms with Crippen LogP contribution >= 0.6 is 0 Å². The third kappa shape index (κ3) is 3.03. The Bertz CT molecular complexity index is 399. The first-order chi connectivity index (χ1) is 6.94. The van der Waals surface area contributed by atoms with Crippen molar-refractivity contribution >= 4 is 11.6 Å². The van der Waals surface area contributed by atoms with Gasteiger partial charge in [0.25, 0.3) is 5.91 Å². The largest absolute Gasteiger partial charge is 0.399 e. The zero-order valence-corrected chi connectivity index (χ0v) is 8.87. The van der Waals surface area contributed by atoms with Crippen LogP contribution < -0.4 is 11.1 Å². The lowest BCUT2D eigenvalue weighted by molar-refractivity contribution is 0.0930. The monoisotopic (exact) mass is 202 g/mol. The molecule has 0 atom stereocenters. The van der Waals surface area contributed by atoms with Crippen LogP contribution in [0.5, 0.6) is 0 Å². The van der Waals surface area contributed by atoms with Crippen molar-refractivity contribution in [1.82, 2.24) is 5.32 Å². The molecule has 0 aromatic heterocycles. The molecule has 0 fully saturated rings. The molecule has 78 valence electrons. The normalized spacial score (nSPS) is 10.5. The molecule has 0 aliphatic heterocycles. The number of hydrogen-bond donors (Lipinski definition) is 2. The van der Waals surface area contributed by atoms with E-state index in [-0.39, 0.29) is 5.91 Å². The van der Waals surface area contributed by atoms with Crippen LogP contribution in [0.3, 0.4) is 0 Å². The minimum absolute atomic E-state index is 0.196. The van der Waals surface area contributed by atoms with Gasteiger partial charge >= 0.3 is 0 Å². The number of nitrogens with two attached hydrogens (primary N) is 1. The molecular weight excluding hydrogens is 188 g/mol. The fourth-order valence-corrected chi connectivity index (χ4v) is 1.03. The van der Waals surface area contributed by atoms with Gasteiger partial charge in [-0.05, 0) is 38.1 Å². The Morgan fingerprint density at radius 2 is 1.93 bits per heavy atom. The summed E-state index contributed by atoms with van der Waals surface area (Å²) in [7, 11) is 0. The van der Waals surface area contributed by atoms with Crippen molar-refractivity contribution in [3.63, 3.8) is 0 Å². The highest BCUT2D eigenvalue weighted by molar-refractivity contribution is 5.95. The summed E-state index contributed by atoms with van der Waals surface area (Å²) in [5.41, 5.74) is 6.05. The average Bonchev–Trinajstić information content (AvgIpc) is 2.18. The van der Waals surface area contributed by atoms with Gasteiger partial charge in [-0.1, -0.05) is 5.92 Å². The van der Waals surface area contributed by atoms with Gasteiger partial charge in [-0.2, -0.15) is 0 Å². The molecule has 0 heterocycles. The van der Waals surface area contributed by atoms with Crippen LogP contribution in [0.2, 0.25) is 0 Å². The van der Waals surface area contributed by atoms with Crippen molar-refractivity contribution in [3.8, 4) is 12.3 Å².